The molecule has 0 saturated carbocycles. The van der Waals surface area contributed by atoms with E-state index in [1.807, 2.05) is 18.2 Å². The van der Waals surface area contributed by atoms with E-state index in [0.717, 1.165) is 32.1 Å². The van der Waals surface area contributed by atoms with Crippen LogP contribution in [0.3, 0.4) is 0 Å². The zero-order chi connectivity index (χ0) is 14.0. The van der Waals surface area contributed by atoms with E-state index >= 15 is 0 Å². The monoisotopic (exact) mass is 282 g/mol. The highest BCUT2D eigenvalue weighted by molar-refractivity contribution is 7.85. The summed E-state index contributed by atoms with van der Waals surface area (Å²) >= 11 is 0. The van der Waals surface area contributed by atoms with Crippen molar-refractivity contribution < 1.29 is 13.0 Å². The summed E-state index contributed by atoms with van der Waals surface area (Å²) in [5, 5.41) is 0. The van der Waals surface area contributed by atoms with Crippen molar-refractivity contribution in [2.75, 3.05) is 5.75 Å². The van der Waals surface area contributed by atoms with Crippen molar-refractivity contribution in [1.29, 1.82) is 0 Å². The SMILES string of the molecule is O=S(=O)(O)CCCCCCCC=Cc1ccccc1. The van der Waals surface area contributed by atoms with Crippen LogP contribution in [0.1, 0.15) is 44.1 Å². The first kappa shape index (κ1) is 15.9. The third-order valence-electron chi connectivity index (χ3n) is 2.88. The van der Waals surface area contributed by atoms with E-state index in [1.165, 1.54) is 5.56 Å². The van der Waals surface area contributed by atoms with Crippen LogP contribution in [-0.4, -0.2) is 18.7 Å². The molecule has 0 aliphatic heterocycles. The van der Waals surface area contributed by atoms with Crippen LogP contribution in [0.5, 0.6) is 0 Å². The second-order valence-corrected chi connectivity index (χ2v) is 6.23. The van der Waals surface area contributed by atoms with Crippen LogP contribution < -0.4 is 0 Å². The number of hydrogen-bond donors (Lipinski definition) is 1. The van der Waals surface area contributed by atoms with Gasteiger partial charge in [-0.2, -0.15) is 8.42 Å². The molecule has 0 unspecified atom stereocenters. The van der Waals surface area contributed by atoms with Gasteiger partial charge in [0.2, 0.25) is 0 Å². The van der Waals surface area contributed by atoms with Crippen LogP contribution in [0.25, 0.3) is 6.08 Å². The van der Waals surface area contributed by atoms with Gasteiger partial charge < -0.3 is 0 Å². The maximum atomic E-state index is 10.5. The van der Waals surface area contributed by atoms with Gasteiger partial charge in [-0.15, -0.1) is 0 Å². The Balaban J connectivity index is 1.98. The maximum absolute atomic E-state index is 10.5. The Bertz CT molecular complexity index is 463. The van der Waals surface area contributed by atoms with Crippen molar-refractivity contribution >= 4 is 16.2 Å². The molecule has 0 aromatic heterocycles. The van der Waals surface area contributed by atoms with E-state index in [-0.39, 0.29) is 5.75 Å². The van der Waals surface area contributed by atoms with E-state index < -0.39 is 10.1 Å². The average Bonchev–Trinajstić information content (AvgIpc) is 2.37. The number of rotatable bonds is 9. The molecule has 1 rings (SSSR count). The molecule has 19 heavy (non-hydrogen) atoms. The average molecular weight is 282 g/mol. The summed E-state index contributed by atoms with van der Waals surface area (Å²) < 4.78 is 29.5. The lowest BCUT2D eigenvalue weighted by Gasteiger charge is -1.99. The fourth-order valence-electron chi connectivity index (χ4n) is 1.86. The normalized spacial score (nSPS) is 12.1. The Labute approximate surface area is 116 Å². The summed E-state index contributed by atoms with van der Waals surface area (Å²) in [6.07, 6.45) is 10.0. The molecule has 0 heterocycles. The highest BCUT2D eigenvalue weighted by Gasteiger charge is 2.02. The van der Waals surface area contributed by atoms with E-state index in [0.29, 0.717) is 6.42 Å². The smallest absolute Gasteiger partial charge is 0.264 e. The Hall–Kier alpha value is -1.13. The molecular formula is C15H22O3S. The van der Waals surface area contributed by atoms with Gasteiger partial charge in [-0.05, 0) is 24.8 Å². The van der Waals surface area contributed by atoms with Crippen molar-refractivity contribution in [3.8, 4) is 0 Å². The zero-order valence-electron chi connectivity index (χ0n) is 11.2. The minimum absolute atomic E-state index is 0.110. The summed E-state index contributed by atoms with van der Waals surface area (Å²) in [6.45, 7) is 0. The van der Waals surface area contributed by atoms with E-state index in [2.05, 4.69) is 24.3 Å². The molecule has 0 amide bonds. The van der Waals surface area contributed by atoms with Crippen LogP contribution in [0.15, 0.2) is 36.4 Å². The van der Waals surface area contributed by atoms with Crippen LogP contribution >= 0.6 is 0 Å². The quantitative estimate of drug-likeness (QED) is 0.551. The first-order valence-electron chi connectivity index (χ1n) is 6.75. The van der Waals surface area contributed by atoms with Crippen molar-refractivity contribution in [3.05, 3.63) is 42.0 Å². The number of unbranched alkanes of at least 4 members (excludes halogenated alkanes) is 5. The maximum Gasteiger partial charge on any atom is 0.264 e. The molecule has 1 aromatic carbocycles. The van der Waals surface area contributed by atoms with Gasteiger partial charge >= 0.3 is 0 Å². The largest absolute Gasteiger partial charge is 0.286 e. The highest BCUT2D eigenvalue weighted by Crippen LogP contribution is 2.08. The molecule has 0 bridgehead atoms. The topological polar surface area (TPSA) is 54.4 Å². The summed E-state index contributed by atoms with van der Waals surface area (Å²) in [5.41, 5.74) is 1.22. The standard InChI is InChI=1S/C15H22O3S/c16-19(17,18)14-10-5-3-1-2-4-7-11-15-12-8-6-9-13-15/h6-9,11-13H,1-5,10,14H2,(H,16,17,18). The lowest BCUT2D eigenvalue weighted by molar-refractivity contribution is 0.479. The van der Waals surface area contributed by atoms with Gasteiger partial charge in [-0.3, -0.25) is 4.55 Å². The van der Waals surface area contributed by atoms with Gasteiger partial charge in [0.15, 0.2) is 0 Å². The Kier molecular flexibility index (Phi) is 7.45. The third-order valence-corrected chi connectivity index (χ3v) is 3.69. The zero-order valence-corrected chi connectivity index (χ0v) is 12.0. The van der Waals surface area contributed by atoms with Crippen LogP contribution in [0.2, 0.25) is 0 Å². The molecule has 0 aliphatic carbocycles. The first-order chi connectivity index (χ1) is 9.08. The Morgan fingerprint density at radius 3 is 2.26 bits per heavy atom. The van der Waals surface area contributed by atoms with E-state index in [4.69, 9.17) is 4.55 Å². The van der Waals surface area contributed by atoms with Crippen LogP contribution in [0.4, 0.5) is 0 Å². The summed E-state index contributed by atoms with van der Waals surface area (Å²) in [6, 6.07) is 10.2. The molecule has 0 aliphatic rings. The molecule has 4 heteroatoms. The predicted molar refractivity (Wildman–Crippen MR) is 79.6 cm³/mol. The van der Waals surface area contributed by atoms with Gasteiger partial charge in [0.25, 0.3) is 10.1 Å². The van der Waals surface area contributed by atoms with Crippen molar-refractivity contribution in [1.82, 2.24) is 0 Å². The van der Waals surface area contributed by atoms with Gasteiger partial charge in [0, 0.05) is 0 Å². The Morgan fingerprint density at radius 1 is 0.947 bits per heavy atom. The molecule has 0 spiro atoms. The highest BCUT2D eigenvalue weighted by atomic mass is 32.2. The van der Waals surface area contributed by atoms with E-state index in [9.17, 15) is 8.42 Å². The third kappa shape index (κ3) is 9.45. The van der Waals surface area contributed by atoms with Crippen molar-refractivity contribution in [2.24, 2.45) is 0 Å². The summed E-state index contributed by atoms with van der Waals surface area (Å²) in [5.74, 6) is -0.110. The summed E-state index contributed by atoms with van der Waals surface area (Å²) in [7, 11) is -3.77. The number of benzene rings is 1. The van der Waals surface area contributed by atoms with Crippen molar-refractivity contribution in [2.45, 2.75) is 38.5 Å². The molecule has 1 N–H and O–H groups in total. The van der Waals surface area contributed by atoms with Gasteiger partial charge in [0.05, 0.1) is 5.75 Å². The van der Waals surface area contributed by atoms with Gasteiger partial charge in [-0.25, -0.2) is 0 Å². The molecule has 0 radical (unpaired) electrons. The number of hydrogen-bond acceptors (Lipinski definition) is 2. The second kappa shape index (κ2) is 8.88. The Morgan fingerprint density at radius 2 is 1.58 bits per heavy atom. The minimum atomic E-state index is -3.77. The van der Waals surface area contributed by atoms with Crippen LogP contribution in [0, 0.1) is 0 Å². The fraction of sp³-hybridized carbons (Fsp3) is 0.467. The van der Waals surface area contributed by atoms with Crippen LogP contribution in [-0.2, 0) is 10.1 Å². The fourth-order valence-corrected chi connectivity index (χ4v) is 2.43. The molecule has 0 fully saturated rings. The molecular weight excluding hydrogens is 260 g/mol. The molecule has 0 atom stereocenters. The first-order valence-corrected chi connectivity index (χ1v) is 8.35. The van der Waals surface area contributed by atoms with E-state index in [1.54, 1.807) is 0 Å². The number of allylic oxidation sites excluding steroid dienone is 1. The predicted octanol–water partition coefficient (Wildman–Crippen LogP) is 3.93. The molecule has 0 saturated heterocycles. The molecule has 1 aromatic rings. The lowest BCUT2D eigenvalue weighted by atomic mass is 10.1. The minimum Gasteiger partial charge on any atom is -0.286 e. The van der Waals surface area contributed by atoms with Gasteiger partial charge in [0.1, 0.15) is 0 Å². The second-order valence-electron chi connectivity index (χ2n) is 4.66. The van der Waals surface area contributed by atoms with Gasteiger partial charge in [-0.1, -0.05) is 61.7 Å². The molecule has 106 valence electrons. The van der Waals surface area contributed by atoms with Crippen molar-refractivity contribution in [3.63, 3.8) is 0 Å². The lowest BCUT2D eigenvalue weighted by Crippen LogP contribution is -2.03. The molecule has 3 nitrogen and oxygen atoms in total. The summed E-state index contributed by atoms with van der Waals surface area (Å²) in [4.78, 5) is 0.